The summed E-state index contributed by atoms with van der Waals surface area (Å²) in [6, 6.07) is 4.94. The number of hydrogen-bond donors (Lipinski definition) is 0. The van der Waals surface area contributed by atoms with Crippen LogP contribution in [0.4, 0.5) is 4.39 Å². The molecule has 0 radical (unpaired) electrons. The van der Waals surface area contributed by atoms with Crippen LogP contribution in [0.25, 0.3) is 0 Å². The zero-order chi connectivity index (χ0) is 12.3. The van der Waals surface area contributed by atoms with E-state index in [1.54, 1.807) is 26.0 Å². The van der Waals surface area contributed by atoms with E-state index in [1.165, 1.54) is 13.0 Å². The maximum atomic E-state index is 13.5. The Hall–Kier alpha value is -1.38. The van der Waals surface area contributed by atoms with Gasteiger partial charge in [-0.3, -0.25) is 4.79 Å². The molecule has 0 aromatic heterocycles. The molecule has 3 heteroatoms. The highest BCUT2D eigenvalue weighted by atomic mass is 19.1. The van der Waals surface area contributed by atoms with Crippen molar-refractivity contribution >= 4 is 5.97 Å². The zero-order valence-corrected chi connectivity index (χ0v) is 10.1. The van der Waals surface area contributed by atoms with E-state index in [9.17, 15) is 9.18 Å². The van der Waals surface area contributed by atoms with Crippen molar-refractivity contribution in [3.8, 4) is 0 Å². The predicted molar refractivity (Wildman–Crippen MR) is 60.7 cm³/mol. The van der Waals surface area contributed by atoms with Gasteiger partial charge in [0.25, 0.3) is 0 Å². The summed E-state index contributed by atoms with van der Waals surface area (Å²) >= 11 is 0. The average Bonchev–Trinajstić information content (AvgIpc) is 2.08. The van der Waals surface area contributed by atoms with Crippen molar-refractivity contribution in [2.24, 2.45) is 0 Å². The van der Waals surface area contributed by atoms with Gasteiger partial charge in [0.15, 0.2) is 0 Å². The molecular weight excluding hydrogens is 207 g/mol. The van der Waals surface area contributed by atoms with Crippen LogP contribution in [0.3, 0.4) is 0 Å². The summed E-state index contributed by atoms with van der Waals surface area (Å²) < 4.78 is 18.6. The number of ether oxygens (including phenoxy) is 1. The summed E-state index contributed by atoms with van der Waals surface area (Å²) in [6.07, 6.45) is 0.375. The quantitative estimate of drug-likeness (QED) is 0.738. The zero-order valence-electron chi connectivity index (χ0n) is 10.1. The van der Waals surface area contributed by atoms with Crippen molar-refractivity contribution in [2.75, 3.05) is 0 Å². The Labute approximate surface area is 95.4 Å². The Morgan fingerprint density at radius 3 is 2.62 bits per heavy atom. The van der Waals surface area contributed by atoms with E-state index in [1.807, 2.05) is 6.92 Å². The van der Waals surface area contributed by atoms with Crippen LogP contribution in [0.5, 0.6) is 0 Å². The summed E-state index contributed by atoms with van der Waals surface area (Å²) in [6.45, 7) is 6.81. The van der Waals surface area contributed by atoms with Gasteiger partial charge in [-0.2, -0.15) is 0 Å². The molecule has 0 fully saturated rings. The first-order valence-electron chi connectivity index (χ1n) is 5.25. The molecule has 0 saturated heterocycles. The lowest BCUT2D eigenvalue weighted by molar-refractivity contribution is -0.153. The molecule has 0 unspecified atom stereocenters. The van der Waals surface area contributed by atoms with E-state index >= 15 is 0 Å². The second kappa shape index (κ2) is 4.64. The first-order chi connectivity index (χ1) is 7.30. The second-order valence-corrected chi connectivity index (χ2v) is 4.62. The fourth-order valence-corrected chi connectivity index (χ4v) is 1.72. The molecule has 0 saturated carbocycles. The van der Waals surface area contributed by atoms with Crippen molar-refractivity contribution in [1.82, 2.24) is 0 Å². The topological polar surface area (TPSA) is 26.3 Å². The summed E-state index contributed by atoms with van der Waals surface area (Å²) in [7, 11) is 0. The molecule has 0 aliphatic carbocycles. The SMILES string of the molecule is CC(=O)OC(C)(C)Cc1cc(C)ccc1F. The first kappa shape index (κ1) is 12.7. The maximum absolute atomic E-state index is 13.5. The molecule has 0 N–H and O–H groups in total. The predicted octanol–water partition coefficient (Wildman–Crippen LogP) is 3.02. The van der Waals surface area contributed by atoms with Gasteiger partial charge in [-0.15, -0.1) is 0 Å². The molecule has 1 rings (SSSR count). The molecule has 0 aliphatic rings. The normalized spacial score (nSPS) is 11.3. The van der Waals surface area contributed by atoms with Gasteiger partial charge in [0.2, 0.25) is 0 Å². The van der Waals surface area contributed by atoms with E-state index in [4.69, 9.17) is 4.74 Å². The van der Waals surface area contributed by atoms with Crippen molar-refractivity contribution in [3.63, 3.8) is 0 Å². The fourth-order valence-electron chi connectivity index (χ4n) is 1.72. The minimum Gasteiger partial charge on any atom is -0.459 e. The lowest BCUT2D eigenvalue weighted by Gasteiger charge is -2.24. The number of carbonyl (C=O) groups excluding carboxylic acids is 1. The Kier molecular flexibility index (Phi) is 3.68. The van der Waals surface area contributed by atoms with Crippen molar-refractivity contribution in [1.29, 1.82) is 0 Å². The van der Waals surface area contributed by atoms with E-state index in [0.717, 1.165) is 5.56 Å². The molecule has 1 aromatic rings. The van der Waals surface area contributed by atoms with Crippen molar-refractivity contribution in [2.45, 2.75) is 39.7 Å². The van der Waals surface area contributed by atoms with Gasteiger partial charge < -0.3 is 4.74 Å². The maximum Gasteiger partial charge on any atom is 0.303 e. The molecule has 88 valence electrons. The minimum absolute atomic E-state index is 0.258. The lowest BCUT2D eigenvalue weighted by Crippen LogP contribution is -2.30. The van der Waals surface area contributed by atoms with Gasteiger partial charge in [-0.25, -0.2) is 4.39 Å². The molecule has 0 aliphatic heterocycles. The molecule has 0 bridgehead atoms. The summed E-state index contributed by atoms with van der Waals surface area (Å²) in [5.74, 6) is -0.608. The highest BCUT2D eigenvalue weighted by Gasteiger charge is 2.23. The van der Waals surface area contributed by atoms with Crippen LogP contribution < -0.4 is 0 Å². The molecule has 1 aromatic carbocycles. The Morgan fingerprint density at radius 2 is 2.06 bits per heavy atom. The lowest BCUT2D eigenvalue weighted by atomic mass is 9.97. The van der Waals surface area contributed by atoms with Crippen LogP contribution in [0.15, 0.2) is 18.2 Å². The Balaban J connectivity index is 2.86. The molecule has 2 nitrogen and oxygen atoms in total. The van der Waals surface area contributed by atoms with Crippen LogP contribution in [-0.2, 0) is 16.0 Å². The van der Waals surface area contributed by atoms with Crippen LogP contribution in [-0.4, -0.2) is 11.6 Å². The highest BCUT2D eigenvalue weighted by Crippen LogP contribution is 2.20. The van der Waals surface area contributed by atoms with Crippen LogP contribution in [0.1, 0.15) is 31.9 Å². The second-order valence-electron chi connectivity index (χ2n) is 4.62. The Bertz CT molecular complexity index is 397. The number of hydrogen-bond acceptors (Lipinski definition) is 2. The largest absolute Gasteiger partial charge is 0.459 e. The number of benzene rings is 1. The summed E-state index contributed by atoms with van der Waals surface area (Å²) in [4.78, 5) is 10.9. The third-order valence-electron chi connectivity index (χ3n) is 2.24. The molecule has 0 spiro atoms. The number of halogens is 1. The average molecular weight is 224 g/mol. The first-order valence-corrected chi connectivity index (χ1v) is 5.25. The third-order valence-corrected chi connectivity index (χ3v) is 2.24. The standard InChI is InChI=1S/C13H17FO2/c1-9-5-6-12(14)11(7-9)8-13(3,4)16-10(2)15/h5-7H,8H2,1-4H3. The molecule has 0 atom stereocenters. The summed E-state index contributed by atoms with van der Waals surface area (Å²) in [5, 5.41) is 0. The van der Waals surface area contributed by atoms with Crippen LogP contribution in [0, 0.1) is 12.7 Å². The van der Waals surface area contributed by atoms with E-state index in [-0.39, 0.29) is 11.8 Å². The van der Waals surface area contributed by atoms with Crippen molar-refractivity contribution in [3.05, 3.63) is 35.1 Å². The van der Waals surface area contributed by atoms with E-state index in [0.29, 0.717) is 12.0 Å². The van der Waals surface area contributed by atoms with Gasteiger partial charge in [-0.1, -0.05) is 17.7 Å². The molecule has 0 heterocycles. The van der Waals surface area contributed by atoms with Gasteiger partial charge in [0.05, 0.1) is 0 Å². The Morgan fingerprint density at radius 1 is 1.44 bits per heavy atom. The number of carbonyl (C=O) groups is 1. The monoisotopic (exact) mass is 224 g/mol. The highest BCUT2D eigenvalue weighted by molar-refractivity contribution is 5.66. The number of rotatable bonds is 3. The van der Waals surface area contributed by atoms with Gasteiger partial charge in [-0.05, 0) is 32.4 Å². The number of esters is 1. The number of aryl methyl sites for hydroxylation is 1. The summed E-state index contributed by atoms with van der Waals surface area (Å²) in [5.41, 5.74) is 0.891. The minimum atomic E-state index is -0.680. The van der Waals surface area contributed by atoms with E-state index < -0.39 is 5.60 Å². The van der Waals surface area contributed by atoms with Crippen molar-refractivity contribution < 1.29 is 13.9 Å². The van der Waals surface area contributed by atoms with Crippen LogP contribution in [0.2, 0.25) is 0 Å². The van der Waals surface area contributed by atoms with E-state index in [2.05, 4.69) is 0 Å². The molecular formula is C13H17FO2. The van der Waals surface area contributed by atoms with Gasteiger partial charge in [0, 0.05) is 13.3 Å². The third kappa shape index (κ3) is 3.65. The molecule has 0 amide bonds. The smallest absolute Gasteiger partial charge is 0.303 e. The molecule has 16 heavy (non-hydrogen) atoms. The fraction of sp³-hybridized carbons (Fsp3) is 0.462. The van der Waals surface area contributed by atoms with Gasteiger partial charge >= 0.3 is 5.97 Å². The van der Waals surface area contributed by atoms with Crippen LogP contribution >= 0.6 is 0 Å². The van der Waals surface area contributed by atoms with Gasteiger partial charge in [0.1, 0.15) is 11.4 Å².